The Bertz CT molecular complexity index is 406. The quantitative estimate of drug-likeness (QED) is 0.924. The van der Waals surface area contributed by atoms with Crippen LogP contribution in [0.15, 0.2) is 22.8 Å². The molecule has 1 aromatic heterocycles. The van der Waals surface area contributed by atoms with Gasteiger partial charge in [-0.2, -0.15) is 0 Å². The number of pyridine rings is 1. The van der Waals surface area contributed by atoms with E-state index >= 15 is 0 Å². The molecule has 0 saturated heterocycles. The third-order valence-corrected chi connectivity index (χ3v) is 3.17. The van der Waals surface area contributed by atoms with Gasteiger partial charge in [0.15, 0.2) is 0 Å². The number of nitrogens with zero attached hydrogens (tertiary/aromatic N) is 2. The van der Waals surface area contributed by atoms with Crippen LogP contribution >= 0.6 is 15.9 Å². The Morgan fingerprint density at radius 3 is 2.76 bits per heavy atom. The van der Waals surface area contributed by atoms with Gasteiger partial charge >= 0.3 is 0 Å². The van der Waals surface area contributed by atoms with Gasteiger partial charge in [-0.1, -0.05) is 13.8 Å². The van der Waals surface area contributed by atoms with Crippen molar-refractivity contribution in [2.75, 3.05) is 20.1 Å². The molecule has 0 radical (unpaired) electrons. The fourth-order valence-electron chi connectivity index (χ4n) is 1.50. The van der Waals surface area contributed by atoms with Crippen LogP contribution in [-0.4, -0.2) is 35.9 Å². The summed E-state index contributed by atoms with van der Waals surface area (Å²) in [5.41, 5.74) is 6.00. The first-order valence-electron chi connectivity index (χ1n) is 5.43. The molecule has 1 amide bonds. The largest absolute Gasteiger partial charge is 0.340 e. The third-order valence-electron chi connectivity index (χ3n) is 2.53. The van der Waals surface area contributed by atoms with E-state index in [0.717, 1.165) is 0 Å². The number of carbonyl (C=O) groups excluding carboxylic acids is 1. The zero-order chi connectivity index (χ0) is 13.1. The minimum Gasteiger partial charge on any atom is -0.340 e. The van der Waals surface area contributed by atoms with Gasteiger partial charge in [0.1, 0.15) is 5.69 Å². The van der Waals surface area contributed by atoms with E-state index in [1.165, 1.54) is 0 Å². The highest BCUT2D eigenvalue weighted by molar-refractivity contribution is 9.10. The second-order valence-electron chi connectivity index (χ2n) is 4.86. The number of rotatable bonds is 4. The molecule has 0 atom stereocenters. The molecule has 4 nitrogen and oxygen atoms in total. The molecule has 0 fully saturated rings. The van der Waals surface area contributed by atoms with Crippen LogP contribution in [0, 0.1) is 5.41 Å². The third kappa shape index (κ3) is 3.78. The van der Waals surface area contributed by atoms with Gasteiger partial charge in [0.2, 0.25) is 0 Å². The number of hydrogen-bond acceptors (Lipinski definition) is 3. The van der Waals surface area contributed by atoms with Crippen molar-refractivity contribution in [2.45, 2.75) is 13.8 Å². The molecule has 2 N–H and O–H groups in total. The van der Waals surface area contributed by atoms with Gasteiger partial charge in [0, 0.05) is 24.3 Å². The monoisotopic (exact) mass is 299 g/mol. The first-order valence-corrected chi connectivity index (χ1v) is 6.23. The maximum absolute atomic E-state index is 12.2. The van der Waals surface area contributed by atoms with Gasteiger partial charge in [-0.15, -0.1) is 0 Å². The Labute approximate surface area is 110 Å². The summed E-state index contributed by atoms with van der Waals surface area (Å²) in [5, 5.41) is 0. The number of halogens is 1. The van der Waals surface area contributed by atoms with Crippen molar-refractivity contribution in [3.63, 3.8) is 0 Å². The number of aromatic nitrogens is 1. The molecule has 17 heavy (non-hydrogen) atoms. The van der Waals surface area contributed by atoms with Crippen molar-refractivity contribution in [1.82, 2.24) is 9.88 Å². The van der Waals surface area contributed by atoms with Crippen molar-refractivity contribution in [1.29, 1.82) is 0 Å². The topological polar surface area (TPSA) is 59.2 Å². The van der Waals surface area contributed by atoms with Crippen molar-refractivity contribution in [3.8, 4) is 0 Å². The van der Waals surface area contributed by atoms with Crippen LogP contribution in [0.25, 0.3) is 0 Å². The van der Waals surface area contributed by atoms with Crippen LogP contribution in [0.1, 0.15) is 24.3 Å². The molecule has 1 heterocycles. The van der Waals surface area contributed by atoms with Gasteiger partial charge < -0.3 is 10.6 Å². The molecule has 0 aliphatic rings. The van der Waals surface area contributed by atoms with Gasteiger partial charge in [0.25, 0.3) is 5.91 Å². The Kier molecular flexibility index (Phi) is 4.65. The fraction of sp³-hybridized carbons (Fsp3) is 0.500. The van der Waals surface area contributed by atoms with Crippen LogP contribution < -0.4 is 5.73 Å². The molecule has 0 bridgehead atoms. The van der Waals surface area contributed by atoms with E-state index in [2.05, 4.69) is 20.9 Å². The van der Waals surface area contributed by atoms with Crippen LogP contribution in [0.3, 0.4) is 0 Å². The van der Waals surface area contributed by atoms with E-state index in [4.69, 9.17) is 5.73 Å². The number of carbonyl (C=O) groups is 1. The summed E-state index contributed by atoms with van der Waals surface area (Å²) in [6.45, 7) is 5.20. The van der Waals surface area contributed by atoms with E-state index in [1.807, 2.05) is 19.9 Å². The molecule has 0 spiro atoms. The van der Waals surface area contributed by atoms with Crippen molar-refractivity contribution in [2.24, 2.45) is 11.1 Å². The first-order chi connectivity index (χ1) is 7.87. The van der Waals surface area contributed by atoms with E-state index in [-0.39, 0.29) is 11.3 Å². The molecule has 0 saturated carbocycles. The Balaban J connectivity index is 2.81. The van der Waals surface area contributed by atoms with Gasteiger partial charge in [-0.3, -0.25) is 4.79 Å². The number of amides is 1. The first kappa shape index (κ1) is 14.1. The highest BCUT2D eigenvalue weighted by atomic mass is 79.9. The Morgan fingerprint density at radius 2 is 2.24 bits per heavy atom. The predicted molar refractivity (Wildman–Crippen MR) is 71.7 cm³/mol. The summed E-state index contributed by atoms with van der Waals surface area (Å²) in [5.74, 6) is -0.0981. The molecule has 1 rings (SSSR count). The molecular formula is C12H18BrN3O. The lowest BCUT2D eigenvalue weighted by Gasteiger charge is -2.28. The molecule has 0 unspecified atom stereocenters. The summed E-state index contributed by atoms with van der Waals surface area (Å²) in [6, 6.07) is 3.59. The minimum absolute atomic E-state index is 0.0916. The highest BCUT2D eigenvalue weighted by Gasteiger charge is 2.23. The summed E-state index contributed by atoms with van der Waals surface area (Å²) in [4.78, 5) is 17.9. The predicted octanol–water partition coefficient (Wildman–Crippen LogP) is 1.90. The number of nitrogens with two attached hydrogens (primary N) is 1. The molecule has 5 heteroatoms. The minimum atomic E-state index is -0.0981. The van der Waals surface area contributed by atoms with Crippen LogP contribution in [0.5, 0.6) is 0 Å². The zero-order valence-corrected chi connectivity index (χ0v) is 12.0. The van der Waals surface area contributed by atoms with Gasteiger partial charge in [-0.25, -0.2) is 4.98 Å². The molecule has 0 aromatic carbocycles. The average Bonchev–Trinajstić information content (AvgIpc) is 2.28. The highest BCUT2D eigenvalue weighted by Crippen LogP contribution is 2.18. The van der Waals surface area contributed by atoms with Crippen LogP contribution in [0.2, 0.25) is 0 Å². The summed E-state index contributed by atoms with van der Waals surface area (Å²) in [7, 11) is 1.76. The fourth-order valence-corrected chi connectivity index (χ4v) is 1.93. The molecular weight excluding hydrogens is 282 g/mol. The smallest absolute Gasteiger partial charge is 0.273 e. The Hall–Kier alpha value is -0.940. The standard InChI is InChI=1S/C12H18BrN3O/c1-12(2,7-14)8-16(3)11(17)10-9(13)5-4-6-15-10/h4-6H,7-8,14H2,1-3H3. The molecule has 1 aromatic rings. The average molecular weight is 300 g/mol. The summed E-state index contributed by atoms with van der Waals surface area (Å²) < 4.78 is 0.711. The van der Waals surface area contributed by atoms with E-state index in [0.29, 0.717) is 23.3 Å². The van der Waals surface area contributed by atoms with Gasteiger partial charge in [-0.05, 0) is 40.0 Å². The van der Waals surface area contributed by atoms with Crippen LogP contribution in [0.4, 0.5) is 0 Å². The molecule has 0 aliphatic heterocycles. The van der Waals surface area contributed by atoms with Crippen molar-refractivity contribution in [3.05, 3.63) is 28.5 Å². The normalized spacial score (nSPS) is 11.4. The lowest BCUT2D eigenvalue weighted by molar-refractivity contribution is 0.0734. The van der Waals surface area contributed by atoms with Gasteiger partial charge in [0.05, 0.1) is 0 Å². The van der Waals surface area contributed by atoms with Crippen LogP contribution in [-0.2, 0) is 0 Å². The number of hydrogen-bond donors (Lipinski definition) is 1. The SMILES string of the molecule is CN(CC(C)(C)CN)C(=O)c1ncccc1Br. The second kappa shape index (κ2) is 5.60. The van der Waals surface area contributed by atoms with Crippen molar-refractivity contribution >= 4 is 21.8 Å². The lowest BCUT2D eigenvalue weighted by atomic mass is 9.93. The van der Waals surface area contributed by atoms with E-state index in [1.54, 1.807) is 24.2 Å². The maximum atomic E-state index is 12.2. The van der Waals surface area contributed by atoms with E-state index < -0.39 is 0 Å². The lowest BCUT2D eigenvalue weighted by Crippen LogP contribution is -2.40. The zero-order valence-electron chi connectivity index (χ0n) is 10.4. The molecule has 0 aliphatic carbocycles. The van der Waals surface area contributed by atoms with E-state index in [9.17, 15) is 4.79 Å². The summed E-state index contributed by atoms with van der Waals surface area (Å²) in [6.07, 6.45) is 1.61. The summed E-state index contributed by atoms with van der Waals surface area (Å²) >= 11 is 3.33. The molecule has 94 valence electrons. The maximum Gasteiger partial charge on any atom is 0.273 e. The Morgan fingerprint density at radius 1 is 1.59 bits per heavy atom. The van der Waals surface area contributed by atoms with Crippen molar-refractivity contribution < 1.29 is 4.79 Å². The second-order valence-corrected chi connectivity index (χ2v) is 5.72.